The maximum atomic E-state index is 13.2. The fraction of sp³-hybridized carbons (Fsp3) is 0.200. The van der Waals surface area contributed by atoms with E-state index in [2.05, 4.69) is 0 Å². The Bertz CT molecular complexity index is 357. The first-order chi connectivity index (χ1) is 7.07. The number of hydrogen-bond acceptors (Lipinski definition) is 2. The topological polar surface area (TPSA) is 63.3 Å². The van der Waals surface area contributed by atoms with Gasteiger partial charge in [-0.25, -0.2) is 8.78 Å². The number of rotatable bonds is 4. The van der Waals surface area contributed by atoms with Crippen LogP contribution < -0.4 is 5.73 Å². The smallest absolute Gasteiger partial charge is 0.232 e. The van der Waals surface area contributed by atoms with E-state index in [0.29, 0.717) is 0 Å². The first-order valence-electron chi connectivity index (χ1n) is 4.24. The molecule has 0 heterocycles. The lowest BCUT2D eigenvalue weighted by Gasteiger charge is -2.15. The predicted molar refractivity (Wildman–Crippen MR) is 49.9 cm³/mol. The minimum absolute atomic E-state index is 0.216. The SMILES string of the molecule is NC(=O)[C](c1ccccc1F)[C@H](F)CO. The van der Waals surface area contributed by atoms with Crippen LogP contribution in [0.5, 0.6) is 0 Å². The zero-order valence-corrected chi connectivity index (χ0v) is 7.78. The van der Waals surface area contributed by atoms with Crippen molar-refractivity contribution in [2.45, 2.75) is 6.17 Å². The van der Waals surface area contributed by atoms with Gasteiger partial charge >= 0.3 is 0 Å². The average molecular weight is 214 g/mol. The number of aliphatic hydroxyl groups is 1. The summed E-state index contributed by atoms with van der Waals surface area (Å²) in [6.45, 7) is -0.910. The predicted octanol–water partition coefficient (Wildman–Crippen LogP) is 0.564. The summed E-state index contributed by atoms with van der Waals surface area (Å²) in [6.07, 6.45) is -1.97. The Labute approximate surface area is 85.5 Å². The van der Waals surface area contributed by atoms with E-state index >= 15 is 0 Å². The molecule has 15 heavy (non-hydrogen) atoms. The normalized spacial score (nSPS) is 12.8. The van der Waals surface area contributed by atoms with Crippen LogP contribution >= 0.6 is 0 Å². The largest absolute Gasteiger partial charge is 0.393 e. The number of halogens is 2. The molecule has 0 saturated carbocycles. The van der Waals surface area contributed by atoms with Crippen molar-refractivity contribution in [2.75, 3.05) is 6.61 Å². The molecule has 1 aromatic carbocycles. The summed E-state index contributed by atoms with van der Waals surface area (Å²) >= 11 is 0. The molecule has 0 aliphatic rings. The molecule has 0 saturated heterocycles. The summed E-state index contributed by atoms with van der Waals surface area (Å²) in [6, 6.07) is 5.18. The highest BCUT2D eigenvalue weighted by molar-refractivity contribution is 5.93. The number of alkyl halides is 1. The van der Waals surface area contributed by atoms with Gasteiger partial charge in [0.1, 0.15) is 17.9 Å². The van der Waals surface area contributed by atoms with E-state index in [4.69, 9.17) is 10.8 Å². The summed E-state index contributed by atoms with van der Waals surface area (Å²) in [5, 5.41) is 8.58. The summed E-state index contributed by atoms with van der Waals surface area (Å²) in [5.41, 5.74) is 4.70. The van der Waals surface area contributed by atoms with Gasteiger partial charge in [-0.3, -0.25) is 4.79 Å². The van der Waals surface area contributed by atoms with Crippen LogP contribution in [0.15, 0.2) is 24.3 Å². The van der Waals surface area contributed by atoms with E-state index in [1.165, 1.54) is 18.2 Å². The molecule has 1 aromatic rings. The Kier molecular flexibility index (Phi) is 3.74. The minimum atomic E-state index is -1.97. The lowest BCUT2D eigenvalue weighted by atomic mass is 9.93. The van der Waals surface area contributed by atoms with Gasteiger partial charge in [0.05, 0.1) is 6.61 Å². The van der Waals surface area contributed by atoms with Gasteiger partial charge in [-0.2, -0.15) is 0 Å². The second-order valence-electron chi connectivity index (χ2n) is 2.91. The second kappa shape index (κ2) is 4.84. The molecule has 0 spiro atoms. The third kappa shape index (κ3) is 2.50. The van der Waals surface area contributed by atoms with Crippen molar-refractivity contribution in [3.8, 4) is 0 Å². The van der Waals surface area contributed by atoms with E-state index in [0.717, 1.165) is 6.07 Å². The molecule has 3 N–H and O–H groups in total. The standard InChI is InChI=1S/C10H10F2NO2/c11-7-4-2-1-3-6(7)9(10(13)15)8(12)5-14/h1-4,8,14H,5H2,(H2,13,15)/t8-/m1/s1. The molecule has 1 radical (unpaired) electrons. The maximum absolute atomic E-state index is 13.2. The van der Waals surface area contributed by atoms with Gasteiger partial charge < -0.3 is 10.8 Å². The number of nitrogens with two attached hydrogens (primary N) is 1. The number of benzene rings is 1. The van der Waals surface area contributed by atoms with Crippen molar-refractivity contribution in [3.05, 3.63) is 41.6 Å². The second-order valence-corrected chi connectivity index (χ2v) is 2.91. The number of amides is 1. The lowest BCUT2D eigenvalue weighted by molar-refractivity contribution is -0.117. The number of primary amides is 1. The quantitative estimate of drug-likeness (QED) is 0.769. The van der Waals surface area contributed by atoms with Crippen LogP contribution in [-0.2, 0) is 4.79 Å². The van der Waals surface area contributed by atoms with E-state index in [1.807, 2.05) is 0 Å². The van der Waals surface area contributed by atoms with E-state index in [9.17, 15) is 13.6 Å². The molecule has 1 atom stereocenters. The number of carbonyl (C=O) groups excluding carboxylic acids is 1. The highest BCUT2D eigenvalue weighted by atomic mass is 19.1. The Morgan fingerprint density at radius 3 is 2.53 bits per heavy atom. The number of aliphatic hydroxyl groups excluding tert-OH is 1. The van der Waals surface area contributed by atoms with Crippen LogP contribution in [0.1, 0.15) is 5.56 Å². The minimum Gasteiger partial charge on any atom is -0.393 e. The molecule has 0 unspecified atom stereocenters. The Morgan fingerprint density at radius 2 is 2.07 bits per heavy atom. The average Bonchev–Trinajstić information content (AvgIpc) is 2.20. The van der Waals surface area contributed by atoms with Crippen LogP contribution in [0.25, 0.3) is 0 Å². The van der Waals surface area contributed by atoms with Gasteiger partial charge in [-0.1, -0.05) is 18.2 Å². The van der Waals surface area contributed by atoms with Crippen molar-refractivity contribution < 1.29 is 18.7 Å². The first-order valence-corrected chi connectivity index (χ1v) is 4.24. The lowest BCUT2D eigenvalue weighted by Crippen LogP contribution is -2.32. The summed E-state index contributed by atoms with van der Waals surface area (Å²) in [4.78, 5) is 10.9. The fourth-order valence-electron chi connectivity index (χ4n) is 1.23. The van der Waals surface area contributed by atoms with Gasteiger partial charge in [-0.15, -0.1) is 0 Å². The van der Waals surface area contributed by atoms with Crippen LogP contribution in [0, 0.1) is 11.7 Å². The number of hydrogen-bond donors (Lipinski definition) is 2. The van der Waals surface area contributed by atoms with Gasteiger partial charge in [-0.05, 0) is 6.07 Å². The third-order valence-corrected chi connectivity index (χ3v) is 1.90. The fourth-order valence-corrected chi connectivity index (χ4v) is 1.23. The number of carbonyl (C=O) groups is 1. The molecule has 3 nitrogen and oxygen atoms in total. The monoisotopic (exact) mass is 214 g/mol. The van der Waals surface area contributed by atoms with Crippen LogP contribution in [0.3, 0.4) is 0 Å². The Morgan fingerprint density at radius 1 is 1.47 bits per heavy atom. The van der Waals surface area contributed by atoms with Crippen LogP contribution in [0.2, 0.25) is 0 Å². The Hall–Kier alpha value is -1.49. The van der Waals surface area contributed by atoms with E-state index < -0.39 is 30.4 Å². The van der Waals surface area contributed by atoms with Crippen molar-refractivity contribution >= 4 is 5.91 Å². The molecule has 0 aliphatic heterocycles. The summed E-state index contributed by atoms with van der Waals surface area (Å²) in [5.74, 6) is -2.38. The highest BCUT2D eigenvalue weighted by Gasteiger charge is 2.30. The molecular formula is C10H10F2NO2. The molecule has 81 valence electrons. The van der Waals surface area contributed by atoms with Crippen molar-refractivity contribution in [2.24, 2.45) is 5.73 Å². The van der Waals surface area contributed by atoms with E-state index in [-0.39, 0.29) is 5.56 Å². The maximum Gasteiger partial charge on any atom is 0.232 e. The van der Waals surface area contributed by atoms with Crippen LogP contribution in [-0.4, -0.2) is 23.8 Å². The molecule has 0 aromatic heterocycles. The highest BCUT2D eigenvalue weighted by Crippen LogP contribution is 2.23. The van der Waals surface area contributed by atoms with Crippen LogP contribution in [0.4, 0.5) is 8.78 Å². The summed E-state index contributed by atoms with van der Waals surface area (Å²) in [7, 11) is 0. The van der Waals surface area contributed by atoms with Gasteiger partial charge in [0.25, 0.3) is 0 Å². The van der Waals surface area contributed by atoms with Crippen molar-refractivity contribution in [3.63, 3.8) is 0 Å². The molecule has 0 aliphatic carbocycles. The molecule has 0 fully saturated rings. The molecular weight excluding hydrogens is 204 g/mol. The zero-order valence-electron chi connectivity index (χ0n) is 7.78. The Balaban J connectivity index is 3.10. The van der Waals surface area contributed by atoms with Gasteiger partial charge in [0.15, 0.2) is 0 Å². The van der Waals surface area contributed by atoms with Gasteiger partial charge in [0, 0.05) is 5.56 Å². The molecule has 1 rings (SSSR count). The van der Waals surface area contributed by atoms with Crippen molar-refractivity contribution in [1.29, 1.82) is 0 Å². The first kappa shape index (κ1) is 11.6. The molecule has 1 amide bonds. The zero-order chi connectivity index (χ0) is 11.4. The molecule has 5 heteroatoms. The molecule has 0 bridgehead atoms. The van der Waals surface area contributed by atoms with Gasteiger partial charge in [0.2, 0.25) is 5.91 Å². The summed E-state index contributed by atoms with van der Waals surface area (Å²) < 4.78 is 26.4. The third-order valence-electron chi connectivity index (χ3n) is 1.90. The van der Waals surface area contributed by atoms with E-state index in [1.54, 1.807) is 0 Å². The van der Waals surface area contributed by atoms with Crippen molar-refractivity contribution in [1.82, 2.24) is 0 Å².